The second kappa shape index (κ2) is 7.16. The van der Waals surface area contributed by atoms with E-state index in [0.29, 0.717) is 22.3 Å². The van der Waals surface area contributed by atoms with Crippen LogP contribution in [0.25, 0.3) is 0 Å². The summed E-state index contributed by atoms with van der Waals surface area (Å²) in [5.74, 6) is 0.501. The normalized spacial score (nSPS) is 17.4. The zero-order valence-electron chi connectivity index (χ0n) is 11.4. The van der Waals surface area contributed by atoms with Crippen LogP contribution in [0.3, 0.4) is 0 Å². The van der Waals surface area contributed by atoms with Crippen LogP contribution in [0.4, 0.5) is 0 Å². The Bertz CT molecular complexity index is 454. The number of rotatable bonds is 3. The molecule has 1 fully saturated rings. The number of carbonyl (C=O) groups excluding carboxylic acids is 1. The molecular formula is C14H18Cl2N2O2. The summed E-state index contributed by atoms with van der Waals surface area (Å²) in [6.07, 6.45) is 0.407. The lowest BCUT2D eigenvalue weighted by Gasteiger charge is -2.24. The first kappa shape index (κ1) is 15.4. The summed E-state index contributed by atoms with van der Waals surface area (Å²) in [6, 6.07) is 4.94. The third-order valence-electron chi connectivity index (χ3n) is 3.15. The van der Waals surface area contributed by atoms with Crippen molar-refractivity contribution in [1.29, 1.82) is 0 Å². The molecule has 1 aliphatic heterocycles. The van der Waals surface area contributed by atoms with Crippen LogP contribution in [0.15, 0.2) is 18.2 Å². The van der Waals surface area contributed by atoms with Gasteiger partial charge in [-0.15, -0.1) is 0 Å². The fourth-order valence-corrected chi connectivity index (χ4v) is 2.68. The topological polar surface area (TPSA) is 41.6 Å². The van der Waals surface area contributed by atoms with Gasteiger partial charge in [0.15, 0.2) is 6.10 Å². The van der Waals surface area contributed by atoms with Gasteiger partial charge in [0.05, 0.1) is 0 Å². The minimum atomic E-state index is -0.553. The molecule has 0 radical (unpaired) electrons. The van der Waals surface area contributed by atoms with E-state index < -0.39 is 6.10 Å². The van der Waals surface area contributed by atoms with Gasteiger partial charge in [-0.25, -0.2) is 0 Å². The number of hydrogen-bond acceptors (Lipinski definition) is 3. The Morgan fingerprint density at radius 2 is 1.95 bits per heavy atom. The van der Waals surface area contributed by atoms with Crippen LogP contribution in [0, 0.1) is 0 Å². The fourth-order valence-electron chi connectivity index (χ4n) is 2.17. The first-order valence-corrected chi connectivity index (χ1v) is 7.44. The highest BCUT2D eigenvalue weighted by Crippen LogP contribution is 2.25. The van der Waals surface area contributed by atoms with Gasteiger partial charge in [-0.3, -0.25) is 4.79 Å². The molecule has 1 aliphatic rings. The summed E-state index contributed by atoms with van der Waals surface area (Å²) in [7, 11) is 0. The summed E-state index contributed by atoms with van der Waals surface area (Å²) in [4.78, 5) is 14.2. The Balaban J connectivity index is 1.99. The molecule has 0 spiro atoms. The standard InChI is InChI=1S/C14H18Cl2N2O2/c1-10(14(19)18-5-2-3-17-4-6-18)20-13-8-11(15)7-12(16)9-13/h7-10,17H,2-6H2,1H3. The summed E-state index contributed by atoms with van der Waals surface area (Å²) >= 11 is 11.8. The summed E-state index contributed by atoms with van der Waals surface area (Å²) in [5, 5.41) is 4.25. The average molecular weight is 317 g/mol. The lowest BCUT2D eigenvalue weighted by atomic mass is 10.3. The van der Waals surface area contributed by atoms with E-state index in [-0.39, 0.29) is 5.91 Å². The van der Waals surface area contributed by atoms with Crippen molar-refractivity contribution in [2.24, 2.45) is 0 Å². The minimum Gasteiger partial charge on any atom is -0.481 e. The number of amides is 1. The molecule has 2 rings (SSSR count). The number of carbonyl (C=O) groups is 1. The molecule has 0 saturated carbocycles. The highest BCUT2D eigenvalue weighted by atomic mass is 35.5. The Kier molecular flexibility index (Phi) is 5.52. The predicted molar refractivity (Wildman–Crippen MR) is 80.6 cm³/mol. The molecule has 1 aromatic carbocycles. The Labute approximate surface area is 129 Å². The molecule has 6 heteroatoms. The molecular weight excluding hydrogens is 299 g/mol. The van der Waals surface area contributed by atoms with Crippen molar-refractivity contribution in [2.75, 3.05) is 26.2 Å². The van der Waals surface area contributed by atoms with E-state index in [1.54, 1.807) is 25.1 Å². The number of ether oxygens (including phenoxy) is 1. The maximum Gasteiger partial charge on any atom is 0.263 e. The van der Waals surface area contributed by atoms with Gasteiger partial charge in [0.2, 0.25) is 0 Å². The van der Waals surface area contributed by atoms with E-state index in [0.717, 1.165) is 26.1 Å². The monoisotopic (exact) mass is 316 g/mol. The summed E-state index contributed by atoms with van der Waals surface area (Å²) in [6.45, 7) is 4.98. The quantitative estimate of drug-likeness (QED) is 0.932. The van der Waals surface area contributed by atoms with Crippen LogP contribution in [-0.4, -0.2) is 43.1 Å². The van der Waals surface area contributed by atoms with E-state index in [1.807, 2.05) is 4.90 Å². The molecule has 0 aromatic heterocycles. The Hall–Kier alpha value is -0.970. The van der Waals surface area contributed by atoms with Crippen LogP contribution in [0.5, 0.6) is 5.75 Å². The van der Waals surface area contributed by atoms with Crippen LogP contribution >= 0.6 is 23.2 Å². The van der Waals surface area contributed by atoms with Crippen LogP contribution < -0.4 is 10.1 Å². The Morgan fingerprint density at radius 1 is 1.25 bits per heavy atom. The van der Waals surface area contributed by atoms with Gasteiger partial charge >= 0.3 is 0 Å². The van der Waals surface area contributed by atoms with Crippen molar-refractivity contribution in [3.05, 3.63) is 28.2 Å². The number of nitrogens with one attached hydrogen (secondary N) is 1. The highest BCUT2D eigenvalue weighted by Gasteiger charge is 2.22. The van der Waals surface area contributed by atoms with Gasteiger partial charge in [0.25, 0.3) is 5.91 Å². The second-order valence-corrected chi connectivity index (χ2v) is 5.67. The zero-order valence-corrected chi connectivity index (χ0v) is 12.9. The summed E-state index contributed by atoms with van der Waals surface area (Å²) in [5.41, 5.74) is 0. The van der Waals surface area contributed by atoms with E-state index in [2.05, 4.69) is 5.32 Å². The highest BCUT2D eigenvalue weighted by molar-refractivity contribution is 6.34. The maximum atomic E-state index is 12.3. The van der Waals surface area contributed by atoms with Crippen LogP contribution in [0.1, 0.15) is 13.3 Å². The van der Waals surface area contributed by atoms with Crippen molar-refractivity contribution in [1.82, 2.24) is 10.2 Å². The number of nitrogens with zero attached hydrogens (tertiary/aromatic N) is 1. The van der Waals surface area contributed by atoms with Crippen LogP contribution in [-0.2, 0) is 4.79 Å². The largest absolute Gasteiger partial charge is 0.481 e. The van der Waals surface area contributed by atoms with E-state index in [4.69, 9.17) is 27.9 Å². The Morgan fingerprint density at radius 3 is 2.65 bits per heavy atom. The van der Waals surface area contributed by atoms with Crippen molar-refractivity contribution < 1.29 is 9.53 Å². The van der Waals surface area contributed by atoms with Gasteiger partial charge < -0.3 is 15.0 Å². The van der Waals surface area contributed by atoms with Gasteiger partial charge in [0.1, 0.15) is 5.75 Å². The molecule has 1 atom stereocenters. The molecule has 1 heterocycles. The van der Waals surface area contributed by atoms with E-state index in [9.17, 15) is 4.79 Å². The van der Waals surface area contributed by atoms with Crippen LogP contribution in [0.2, 0.25) is 10.0 Å². The molecule has 1 N–H and O–H groups in total. The maximum absolute atomic E-state index is 12.3. The average Bonchev–Trinajstić information content (AvgIpc) is 2.65. The summed E-state index contributed by atoms with van der Waals surface area (Å²) < 4.78 is 5.65. The third kappa shape index (κ3) is 4.27. The second-order valence-electron chi connectivity index (χ2n) is 4.79. The fraction of sp³-hybridized carbons (Fsp3) is 0.500. The minimum absolute atomic E-state index is 0.00945. The first-order valence-electron chi connectivity index (χ1n) is 6.68. The van der Waals surface area contributed by atoms with Crippen molar-refractivity contribution in [3.8, 4) is 5.75 Å². The number of benzene rings is 1. The van der Waals surface area contributed by atoms with E-state index >= 15 is 0 Å². The van der Waals surface area contributed by atoms with E-state index in [1.165, 1.54) is 0 Å². The number of hydrogen-bond donors (Lipinski definition) is 1. The number of halogens is 2. The lowest BCUT2D eigenvalue weighted by Crippen LogP contribution is -2.42. The molecule has 1 unspecified atom stereocenters. The van der Waals surface area contributed by atoms with Gasteiger partial charge in [-0.2, -0.15) is 0 Å². The zero-order chi connectivity index (χ0) is 14.5. The lowest BCUT2D eigenvalue weighted by molar-refractivity contribution is -0.137. The molecule has 110 valence electrons. The van der Waals surface area contributed by atoms with Gasteiger partial charge in [0, 0.05) is 29.7 Å². The molecule has 1 saturated heterocycles. The third-order valence-corrected chi connectivity index (χ3v) is 3.58. The van der Waals surface area contributed by atoms with Gasteiger partial charge in [-0.1, -0.05) is 23.2 Å². The molecule has 4 nitrogen and oxygen atoms in total. The molecule has 0 bridgehead atoms. The molecule has 1 amide bonds. The predicted octanol–water partition coefficient (Wildman–Crippen LogP) is 2.58. The smallest absolute Gasteiger partial charge is 0.263 e. The SMILES string of the molecule is CC(Oc1cc(Cl)cc(Cl)c1)C(=O)N1CCCNCC1. The molecule has 20 heavy (non-hydrogen) atoms. The molecule has 0 aliphatic carbocycles. The molecule has 1 aromatic rings. The van der Waals surface area contributed by atoms with Crippen molar-refractivity contribution >= 4 is 29.1 Å². The first-order chi connectivity index (χ1) is 9.56. The van der Waals surface area contributed by atoms with Gasteiger partial charge in [-0.05, 0) is 38.1 Å². The van der Waals surface area contributed by atoms with Crippen molar-refractivity contribution in [3.63, 3.8) is 0 Å². The van der Waals surface area contributed by atoms with Crippen molar-refractivity contribution in [2.45, 2.75) is 19.4 Å².